The monoisotopic (exact) mass is 223 g/mol. The van der Waals surface area contributed by atoms with Crippen molar-refractivity contribution in [1.82, 2.24) is 15.1 Å². The Bertz CT molecular complexity index is 293. The molecule has 0 radical (unpaired) electrons. The maximum absolute atomic E-state index is 4.45. The van der Waals surface area contributed by atoms with Crippen molar-refractivity contribution in [3.63, 3.8) is 0 Å². The van der Waals surface area contributed by atoms with Gasteiger partial charge in [-0.2, -0.15) is 5.10 Å². The van der Waals surface area contributed by atoms with Crippen LogP contribution < -0.4 is 5.32 Å². The van der Waals surface area contributed by atoms with Gasteiger partial charge in [0.2, 0.25) is 0 Å². The van der Waals surface area contributed by atoms with Gasteiger partial charge < -0.3 is 5.32 Å². The molecule has 16 heavy (non-hydrogen) atoms. The third-order valence-electron chi connectivity index (χ3n) is 3.15. The molecule has 92 valence electrons. The normalized spacial score (nSPS) is 15.0. The van der Waals surface area contributed by atoms with Gasteiger partial charge in [0.05, 0.1) is 12.2 Å². The van der Waals surface area contributed by atoms with Crippen LogP contribution in [0.4, 0.5) is 0 Å². The summed E-state index contributed by atoms with van der Waals surface area (Å²) in [6.45, 7) is 10.9. The van der Waals surface area contributed by atoms with Crippen molar-refractivity contribution in [2.45, 2.75) is 53.1 Å². The molecule has 0 spiro atoms. The molecule has 1 heterocycles. The topological polar surface area (TPSA) is 29.9 Å². The van der Waals surface area contributed by atoms with Gasteiger partial charge in [-0.1, -0.05) is 27.2 Å². The van der Waals surface area contributed by atoms with E-state index in [1.54, 1.807) is 0 Å². The molecule has 0 aliphatic heterocycles. The molecule has 0 saturated carbocycles. The van der Waals surface area contributed by atoms with Crippen molar-refractivity contribution in [2.24, 2.45) is 5.92 Å². The van der Waals surface area contributed by atoms with Gasteiger partial charge >= 0.3 is 0 Å². The Labute approximate surface area is 99.2 Å². The van der Waals surface area contributed by atoms with Crippen LogP contribution in [0.1, 0.15) is 39.3 Å². The molecule has 3 heteroatoms. The lowest BCUT2D eigenvalue weighted by Gasteiger charge is -2.24. The summed E-state index contributed by atoms with van der Waals surface area (Å²) >= 11 is 0. The summed E-state index contributed by atoms with van der Waals surface area (Å²) in [5.74, 6) is 0.691. The van der Waals surface area contributed by atoms with Crippen LogP contribution in [0.15, 0.2) is 12.3 Å². The van der Waals surface area contributed by atoms with Crippen LogP contribution in [0.5, 0.6) is 0 Å². The van der Waals surface area contributed by atoms with Crippen molar-refractivity contribution in [1.29, 1.82) is 0 Å². The second-order valence-corrected chi connectivity index (χ2v) is 4.63. The van der Waals surface area contributed by atoms with Crippen LogP contribution in [-0.2, 0) is 6.54 Å². The lowest BCUT2D eigenvalue weighted by atomic mass is 9.99. The minimum Gasteiger partial charge on any atom is -0.312 e. The predicted molar refractivity (Wildman–Crippen MR) is 68.5 cm³/mol. The van der Waals surface area contributed by atoms with Crippen LogP contribution in [0, 0.1) is 12.8 Å². The number of rotatable bonds is 7. The summed E-state index contributed by atoms with van der Waals surface area (Å²) in [6.07, 6.45) is 4.46. The summed E-state index contributed by atoms with van der Waals surface area (Å²) in [5, 5.41) is 8.07. The number of hydrogen-bond donors (Lipinski definition) is 1. The molecule has 1 N–H and O–H groups in total. The van der Waals surface area contributed by atoms with Crippen LogP contribution >= 0.6 is 0 Å². The predicted octanol–water partition coefficient (Wildman–Crippen LogP) is 2.61. The molecule has 3 nitrogen and oxygen atoms in total. The van der Waals surface area contributed by atoms with Crippen LogP contribution in [0.3, 0.4) is 0 Å². The Morgan fingerprint density at radius 1 is 1.44 bits per heavy atom. The highest BCUT2D eigenvalue weighted by Gasteiger charge is 2.15. The second kappa shape index (κ2) is 6.69. The highest BCUT2D eigenvalue weighted by Crippen LogP contribution is 2.10. The lowest BCUT2D eigenvalue weighted by molar-refractivity contribution is 0.319. The first-order valence-corrected chi connectivity index (χ1v) is 6.40. The first-order chi connectivity index (χ1) is 7.67. The highest BCUT2D eigenvalue weighted by molar-refractivity contribution is 4.95. The molecule has 1 rings (SSSR count). The van der Waals surface area contributed by atoms with Crippen molar-refractivity contribution in [3.8, 4) is 0 Å². The lowest BCUT2D eigenvalue weighted by Crippen LogP contribution is -2.39. The molecule has 0 amide bonds. The van der Waals surface area contributed by atoms with Gasteiger partial charge in [-0.25, -0.2) is 0 Å². The Morgan fingerprint density at radius 2 is 2.19 bits per heavy atom. The SMILES string of the molecule is CCCNC(Cn1ccc(C)n1)C(C)CC. The number of nitrogens with one attached hydrogen (secondary N) is 1. The van der Waals surface area contributed by atoms with E-state index < -0.39 is 0 Å². The van der Waals surface area contributed by atoms with Crippen molar-refractivity contribution >= 4 is 0 Å². The van der Waals surface area contributed by atoms with Crippen molar-refractivity contribution in [2.75, 3.05) is 6.54 Å². The second-order valence-electron chi connectivity index (χ2n) is 4.63. The Hall–Kier alpha value is -0.830. The van der Waals surface area contributed by atoms with E-state index in [-0.39, 0.29) is 0 Å². The molecule has 2 unspecified atom stereocenters. The minimum atomic E-state index is 0.532. The van der Waals surface area contributed by atoms with Gasteiger partial charge in [0.25, 0.3) is 0 Å². The van der Waals surface area contributed by atoms with E-state index in [2.05, 4.69) is 48.1 Å². The van der Waals surface area contributed by atoms with Crippen LogP contribution in [-0.4, -0.2) is 22.4 Å². The quantitative estimate of drug-likeness (QED) is 0.770. The summed E-state index contributed by atoms with van der Waals surface area (Å²) in [6, 6.07) is 2.59. The van der Waals surface area contributed by atoms with Gasteiger partial charge in [-0.15, -0.1) is 0 Å². The molecule has 0 aliphatic rings. The molecule has 0 bridgehead atoms. The number of nitrogens with zero attached hydrogens (tertiary/aromatic N) is 2. The Balaban J connectivity index is 2.55. The zero-order valence-electron chi connectivity index (χ0n) is 11.0. The maximum Gasteiger partial charge on any atom is 0.0593 e. The zero-order chi connectivity index (χ0) is 12.0. The number of hydrogen-bond acceptors (Lipinski definition) is 2. The number of aryl methyl sites for hydroxylation is 1. The summed E-state index contributed by atoms with van der Waals surface area (Å²) in [5.41, 5.74) is 1.10. The standard InChI is InChI=1S/C13H25N3/c1-5-8-14-13(11(3)6-2)10-16-9-7-12(4)15-16/h7,9,11,13-14H,5-6,8,10H2,1-4H3. The average Bonchev–Trinajstić information content (AvgIpc) is 2.69. The summed E-state index contributed by atoms with van der Waals surface area (Å²) in [7, 11) is 0. The first-order valence-electron chi connectivity index (χ1n) is 6.40. The summed E-state index contributed by atoms with van der Waals surface area (Å²) < 4.78 is 2.05. The van der Waals surface area contributed by atoms with E-state index in [0.29, 0.717) is 12.0 Å². The van der Waals surface area contributed by atoms with Gasteiger partial charge in [0.15, 0.2) is 0 Å². The molecule has 0 saturated heterocycles. The molecule has 2 atom stereocenters. The van der Waals surface area contributed by atoms with E-state index in [9.17, 15) is 0 Å². The van der Waals surface area contributed by atoms with E-state index in [0.717, 1.165) is 18.8 Å². The number of aromatic nitrogens is 2. The van der Waals surface area contributed by atoms with Crippen LogP contribution in [0.2, 0.25) is 0 Å². The van der Waals surface area contributed by atoms with Gasteiger partial charge in [-0.3, -0.25) is 4.68 Å². The third kappa shape index (κ3) is 3.97. The molecule has 1 aromatic rings. The fourth-order valence-electron chi connectivity index (χ4n) is 1.83. The molecule has 0 aromatic carbocycles. The molecular formula is C13H25N3. The van der Waals surface area contributed by atoms with Gasteiger partial charge in [-0.05, 0) is 31.9 Å². The zero-order valence-corrected chi connectivity index (χ0v) is 11.0. The average molecular weight is 223 g/mol. The molecular weight excluding hydrogens is 198 g/mol. The van der Waals surface area contributed by atoms with E-state index in [4.69, 9.17) is 0 Å². The minimum absolute atomic E-state index is 0.532. The molecule has 0 fully saturated rings. The van der Waals surface area contributed by atoms with Gasteiger partial charge in [0, 0.05) is 12.2 Å². The largest absolute Gasteiger partial charge is 0.312 e. The van der Waals surface area contributed by atoms with Crippen molar-refractivity contribution in [3.05, 3.63) is 18.0 Å². The fraction of sp³-hybridized carbons (Fsp3) is 0.769. The third-order valence-corrected chi connectivity index (χ3v) is 3.15. The van der Waals surface area contributed by atoms with Crippen molar-refractivity contribution < 1.29 is 0 Å². The Morgan fingerprint density at radius 3 is 2.69 bits per heavy atom. The van der Waals surface area contributed by atoms with Crippen LogP contribution in [0.25, 0.3) is 0 Å². The highest BCUT2D eigenvalue weighted by atomic mass is 15.3. The van der Waals surface area contributed by atoms with Gasteiger partial charge in [0.1, 0.15) is 0 Å². The van der Waals surface area contributed by atoms with E-state index >= 15 is 0 Å². The smallest absolute Gasteiger partial charge is 0.0593 e. The van der Waals surface area contributed by atoms with E-state index in [1.165, 1.54) is 12.8 Å². The molecule has 1 aromatic heterocycles. The maximum atomic E-state index is 4.45. The Kier molecular flexibility index (Phi) is 5.53. The summed E-state index contributed by atoms with van der Waals surface area (Å²) in [4.78, 5) is 0. The molecule has 0 aliphatic carbocycles. The fourth-order valence-corrected chi connectivity index (χ4v) is 1.83. The first kappa shape index (κ1) is 13.2. The van der Waals surface area contributed by atoms with E-state index in [1.807, 2.05) is 6.92 Å².